The number of hydrogen-bond acceptors (Lipinski definition) is 2. The van der Waals surface area contributed by atoms with Crippen molar-refractivity contribution in [2.24, 2.45) is 0 Å². The Balaban J connectivity index is 2.43. The van der Waals surface area contributed by atoms with E-state index in [4.69, 9.17) is 21.4 Å². The summed E-state index contributed by atoms with van der Waals surface area (Å²) in [6.45, 7) is 0.588. The van der Waals surface area contributed by atoms with E-state index in [1.807, 2.05) is 0 Å². The Morgan fingerprint density at radius 2 is 2.45 bits per heavy atom. The van der Waals surface area contributed by atoms with Gasteiger partial charge in [-0.1, -0.05) is 11.6 Å². The van der Waals surface area contributed by atoms with Gasteiger partial charge in [-0.05, 0) is 12.1 Å². The van der Waals surface area contributed by atoms with Crippen molar-refractivity contribution < 1.29 is 9.78 Å². The third-order valence-electron chi connectivity index (χ3n) is 1.53. The van der Waals surface area contributed by atoms with Crippen LogP contribution in [0.3, 0.4) is 0 Å². The molecule has 0 saturated carbocycles. The summed E-state index contributed by atoms with van der Waals surface area (Å²) in [6.07, 6.45) is 0.840. The first-order valence-corrected chi connectivity index (χ1v) is 3.73. The second kappa shape index (κ2) is 2.72. The van der Waals surface area contributed by atoms with E-state index in [0.29, 0.717) is 17.4 Å². The predicted octanol–water partition coefficient (Wildman–Crippen LogP) is 2.01. The van der Waals surface area contributed by atoms with Gasteiger partial charge in [-0.25, -0.2) is 0 Å². The summed E-state index contributed by atoms with van der Waals surface area (Å²) in [5.74, 6) is 0.684. The van der Waals surface area contributed by atoms with Gasteiger partial charge in [0.05, 0.1) is 6.61 Å². The zero-order valence-electron chi connectivity index (χ0n) is 5.76. The van der Waals surface area contributed by atoms with E-state index >= 15 is 0 Å². The van der Waals surface area contributed by atoms with E-state index in [2.05, 4.69) is 6.07 Å². The topological polar surface area (TPSA) is 18.5 Å². The first-order valence-electron chi connectivity index (χ1n) is 3.36. The summed E-state index contributed by atoms with van der Waals surface area (Å²) in [5, 5.41) is 0.620. The van der Waals surface area contributed by atoms with Gasteiger partial charge in [-0.15, -0.1) is 0 Å². The van der Waals surface area contributed by atoms with E-state index in [1.165, 1.54) is 0 Å². The lowest BCUT2D eigenvalue weighted by Gasteiger charge is -2.14. The monoisotopic (exact) mass is 169 g/mol. The lowest BCUT2D eigenvalue weighted by atomic mass is 10.1. The molecule has 0 saturated heterocycles. The molecule has 3 heteroatoms. The van der Waals surface area contributed by atoms with E-state index in [9.17, 15) is 0 Å². The van der Waals surface area contributed by atoms with Gasteiger partial charge in [-0.2, -0.15) is 4.89 Å². The van der Waals surface area contributed by atoms with Crippen molar-refractivity contribution in [1.29, 1.82) is 0 Å². The molecule has 1 heterocycles. The average molecular weight is 170 g/mol. The fourth-order valence-corrected chi connectivity index (χ4v) is 1.15. The highest BCUT2D eigenvalue weighted by Gasteiger charge is 2.11. The van der Waals surface area contributed by atoms with Crippen molar-refractivity contribution in [3.63, 3.8) is 0 Å². The Bertz CT molecular complexity index is 273. The van der Waals surface area contributed by atoms with Gasteiger partial charge in [-0.3, -0.25) is 0 Å². The Kier molecular flexibility index (Phi) is 1.72. The molecule has 0 aromatic heterocycles. The van der Waals surface area contributed by atoms with Crippen molar-refractivity contribution in [1.82, 2.24) is 0 Å². The molecule has 57 valence electrons. The molecule has 0 amide bonds. The zero-order valence-corrected chi connectivity index (χ0v) is 6.52. The minimum atomic E-state index is 0.588. The number of rotatable bonds is 0. The average Bonchev–Trinajstić information content (AvgIpc) is 2.04. The molecule has 11 heavy (non-hydrogen) atoms. The van der Waals surface area contributed by atoms with Crippen molar-refractivity contribution in [2.75, 3.05) is 6.61 Å². The van der Waals surface area contributed by atoms with Crippen LogP contribution in [-0.2, 0) is 11.3 Å². The second-order valence-electron chi connectivity index (χ2n) is 2.32. The second-order valence-corrected chi connectivity index (χ2v) is 2.75. The third kappa shape index (κ3) is 1.32. The van der Waals surface area contributed by atoms with Gasteiger partial charge in [0.1, 0.15) is 0 Å². The first kappa shape index (κ1) is 6.95. The van der Waals surface area contributed by atoms with Crippen molar-refractivity contribution in [3.05, 3.63) is 28.8 Å². The summed E-state index contributed by atoms with van der Waals surface area (Å²) in [6, 6.07) is 6.48. The maximum Gasteiger partial charge on any atom is 0.170 e. The third-order valence-corrected chi connectivity index (χ3v) is 1.75. The lowest BCUT2D eigenvalue weighted by molar-refractivity contribution is -0.215. The smallest absolute Gasteiger partial charge is 0.170 e. The van der Waals surface area contributed by atoms with Crippen LogP contribution in [0.2, 0.25) is 5.02 Å². The normalized spacial score (nSPS) is 15.4. The minimum absolute atomic E-state index is 0.588. The molecule has 0 aliphatic carbocycles. The van der Waals surface area contributed by atoms with Crippen molar-refractivity contribution in [3.8, 4) is 5.75 Å². The van der Waals surface area contributed by atoms with Gasteiger partial charge in [0.25, 0.3) is 0 Å². The van der Waals surface area contributed by atoms with Crippen LogP contribution in [0.15, 0.2) is 12.1 Å². The predicted molar refractivity (Wildman–Crippen MR) is 40.6 cm³/mol. The highest BCUT2D eigenvalue weighted by atomic mass is 35.5. The van der Waals surface area contributed by atoms with E-state index in [-0.39, 0.29) is 0 Å². The molecule has 1 aromatic rings. The summed E-state index contributed by atoms with van der Waals surface area (Å²) in [7, 11) is 0. The van der Waals surface area contributed by atoms with Crippen LogP contribution in [0.4, 0.5) is 0 Å². The molecule has 0 N–H and O–H groups in total. The van der Waals surface area contributed by atoms with Crippen LogP contribution < -0.4 is 4.89 Å². The summed E-state index contributed by atoms with van der Waals surface area (Å²) < 4.78 is 0. The van der Waals surface area contributed by atoms with E-state index in [0.717, 1.165) is 12.0 Å². The largest absolute Gasteiger partial charge is 0.337 e. The highest BCUT2D eigenvalue weighted by molar-refractivity contribution is 6.30. The van der Waals surface area contributed by atoms with Crippen molar-refractivity contribution in [2.45, 2.75) is 6.42 Å². The summed E-state index contributed by atoms with van der Waals surface area (Å²) in [4.78, 5) is 9.66. The summed E-state index contributed by atoms with van der Waals surface area (Å²) in [5.41, 5.74) is 1.03. The molecule has 0 unspecified atom stereocenters. The lowest BCUT2D eigenvalue weighted by Crippen LogP contribution is -2.10. The molecule has 2 rings (SSSR count). The van der Waals surface area contributed by atoms with Crippen LogP contribution in [0, 0.1) is 6.07 Å². The molecule has 0 atom stereocenters. The van der Waals surface area contributed by atoms with Gasteiger partial charge in [0.2, 0.25) is 0 Å². The molecule has 1 aliphatic rings. The highest BCUT2D eigenvalue weighted by Crippen LogP contribution is 2.25. The number of fused-ring (bicyclic) bond motifs is 1. The molecule has 0 spiro atoms. The molecule has 2 nitrogen and oxygen atoms in total. The van der Waals surface area contributed by atoms with Crippen LogP contribution in [0.25, 0.3) is 0 Å². The van der Waals surface area contributed by atoms with Gasteiger partial charge < -0.3 is 4.89 Å². The Hall–Kier alpha value is -0.730. The Morgan fingerprint density at radius 3 is 3.36 bits per heavy atom. The fourth-order valence-electron chi connectivity index (χ4n) is 1.000. The van der Waals surface area contributed by atoms with E-state index in [1.54, 1.807) is 12.1 Å². The first-order chi connectivity index (χ1) is 5.36. The Labute approximate surface area is 69.6 Å². The summed E-state index contributed by atoms with van der Waals surface area (Å²) >= 11 is 5.71. The van der Waals surface area contributed by atoms with Crippen LogP contribution in [0.1, 0.15) is 5.56 Å². The Morgan fingerprint density at radius 1 is 1.55 bits per heavy atom. The molecular formula is C8H6ClO2. The molecule has 0 fully saturated rings. The van der Waals surface area contributed by atoms with Crippen molar-refractivity contribution >= 4 is 11.6 Å². The SMILES string of the molecule is Clc1c[c]c2c(c1)OOCC2. The minimum Gasteiger partial charge on any atom is -0.337 e. The number of benzene rings is 1. The maximum atomic E-state index is 5.71. The molecule has 0 bridgehead atoms. The standard InChI is InChI=1S/C8H6ClO2/c9-7-2-1-6-3-4-10-11-8(6)5-7/h2,5H,3-4H2. The van der Waals surface area contributed by atoms with Gasteiger partial charge >= 0.3 is 0 Å². The van der Waals surface area contributed by atoms with E-state index < -0.39 is 0 Å². The number of hydrogen-bond donors (Lipinski definition) is 0. The number of halogens is 1. The van der Waals surface area contributed by atoms with Gasteiger partial charge in [0, 0.05) is 23.1 Å². The van der Waals surface area contributed by atoms with Crippen LogP contribution >= 0.6 is 11.6 Å². The molecule has 1 aromatic carbocycles. The fraction of sp³-hybridized carbons (Fsp3) is 0.250. The van der Waals surface area contributed by atoms with Gasteiger partial charge in [0.15, 0.2) is 5.75 Å². The molecule has 1 radical (unpaired) electrons. The molecular weight excluding hydrogens is 164 g/mol. The molecule has 1 aliphatic heterocycles. The quantitative estimate of drug-likeness (QED) is 0.553. The van der Waals surface area contributed by atoms with Crippen LogP contribution in [-0.4, -0.2) is 6.61 Å². The van der Waals surface area contributed by atoms with Crippen LogP contribution in [0.5, 0.6) is 5.75 Å². The zero-order chi connectivity index (χ0) is 7.68. The maximum absolute atomic E-state index is 5.71.